The molecule has 0 fully saturated rings. The molecule has 0 saturated carbocycles. The second-order valence-electron chi connectivity index (χ2n) is 6.28. The molecule has 0 bridgehead atoms. The minimum Gasteiger partial charge on any atom is -0.491 e. The Morgan fingerprint density at radius 1 is 1.11 bits per heavy atom. The summed E-state index contributed by atoms with van der Waals surface area (Å²) in [5, 5.41) is 1.12. The first kappa shape index (κ1) is 19.4. The van der Waals surface area contributed by atoms with E-state index in [0.717, 1.165) is 22.0 Å². The second kappa shape index (κ2) is 8.56. The monoisotopic (exact) mass is 388 g/mol. The van der Waals surface area contributed by atoms with E-state index in [9.17, 15) is 8.42 Å². The van der Waals surface area contributed by atoms with Crippen molar-refractivity contribution in [3.05, 3.63) is 59.8 Å². The highest BCUT2D eigenvalue weighted by Crippen LogP contribution is 2.22. The van der Waals surface area contributed by atoms with Crippen molar-refractivity contribution in [1.82, 2.24) is 9.71 Å². The summed E-state index contributed by atoms with van der Waals surface area (Å²) in [5.74, 6) is 0.657. The third-order valence-corrected chi connectivity index (χ3v) is 5.82. The number of H-pyrrole nitrogens is 1. The van der Waals surface area contributed by atoms with E-state index < -0.39 is 10.0 Å². The van der Waals surface area contributed by atoms with Gasteiger partial charge in [-0.2, -0.15) is 0 Å². The van der Waals surface area contributed by atoms with Gasteiger partial charge in [0.25, 0.3) is 0 Å². The Morgan fingerprint density at radius 2 is 1.93 bits per heavy atom. The number of hydrogen-bond donors (Lipinski definition) is 2. The summed E-state index contributed by atoms with van der Waals surface area (Å²) in [7, 11) is -1.97. The number of hydrogen-bond acceptors (Lipinski definition) is 4. The molecule has 2 N–H and O–H groups in total. The molecule has 0 atom stereocenters. The molecule has 3 aromatic rings. The Labute approximate surface area is 159 Å². The van der Waals surface area contributed by atoms with Crippen LogP contribution in [0, 0.1) is 6.92 Å². The molecule has 1 heterocycles. The minimum atomic E-state index is -3.57. The Balaban J connectivity index is 1.63. The van der Waals surface area contributed by atoms with Crippen molar-refractivity contribution >= 4 is 20.9 Å². The van der Waals surface area contributed by atoms with Crippen LogP contribution in [0.3, 0.4) is 0 Å². The lowest BCUT2D eigenvalue weighted by molar-refractivity contribution is 0.146. The van der Waals surface area contributed by atoms with E-state index in [1.54, 1.807) is 25.3 Å². The number of aromatic amines is 1. The van der Waals surface area contributed by atoms with Gasteiger partial charge >= 0.3 is 0 Å². The molecule has 1 aromatic heterocycles. The van der Waals surface area contributed by atoms with Crippen LogP contribution in [0.2, 0.25) is 0 Å². The number of aromatic nitrogens is 1. The lowest BCUT2D eigenvalue weighted by atomic mass is 10.1. The summed E-state index contributed by atoms with van der Waals surface area (Å²) in [6, 6.07) is 12.8. The molecule has 144 valence electrons. The predicted octanol–water partition coefficient (Wildman–Crippen LogP) is 3.02. The lowest BCUT2D eigenvalue weighted by Crippen LogP contribution is -2.26. The van der Waals surface area contributed by atoms with Crippen molar-refractivity contribution in [2.24, 2.45) is 0 Å². The highest BCUT2D eigenvalue weighted by Gasteiger charge is 2.15. The van der Waals surface area contributed by atoms with E-state index in [4.69, 9.17) is 9.47 Å². The summed E-state index contributed by atoms with van der Waals surface area (Å²) < 4.78 is 38.3. The van der Waals surface area contributed by atoms with Crippen LogP contribution in [0.1, 0.15) is 11.1 Å². The number of ether oxygens (including phenoxy) is 2. The SMILES string of the molecule is COCCOc1ccc(S(=O)(=O)NCCc2c[nH]c3ccccc23)cc1C. The maximum Gasteiger partial charge on any atom is 0.240 e. The third kappa shape index (κ3) is 4.68. The Hall–Kier alpha value is -2.35. The Kier molecular flexibility index (Phi) is 6.15. The molecule has 0 aliphatic rings. The molecule has 3 rings (SSSR count). The van der Waals surface area contributed by atoms with Gasteiger partial charge in [0.05, 0.1) is 11.5 Å². The molecule has 0 unspecified atom stereocenters. The smallest absolute Gasteiger partial charge is 0.240 e. The van der Waals surface area contributed by atoms with Crippen LogP contribution in [-0.4, -0.2) is 40.3 Å². The number of rotatable bonds is 9. The molecule has 6 nitrogen and oxygen atoms in total. The summed E-state index contributed by atoms with van der Waals surface area (Å²) in [4.78, 5) is 3.44. The molecule has 7 heteroatoms. The van der Waals surface area contributed by atoms with Gasteiger partial charge in [0.2, 0.25) is 10.0 Å². The van der Waals surface area contributed by atoms with Crippen molar-refractivity contribution < 1.29 is 17.9 Å². The van der Waals surface area contributed by atoms with Gasteiger partial charge in [-0.3, -0.25) is 0 Å². The van der Waals surface area contributed by atoms with Crippen molar-refractivity contribution in [1.29, 1.82) is 0 Å². The first-order valence-corrected chi connectivity index (χ1v) is 10.3. The van der Waals surface area contributed by atoms with E-state index in [1.165, 1.54) is 0 Å². The van der Waals surface area contributed by atoms with Crippen molar-refractivity contribution in [3.63, 3.8) is 0 Å². The van der Waals surface area contributed by atoms with Crippen molar-refractivity contribution in [2.45, 2.75) is 18.2 Å². The largest absolute Gasteiger partial charge is 0.491 e. The molecule has 0 spiro atoms. The van der Waals surface area contributed by atoms with Crippen LogP contribution in [0.4, 0.5) is 0 Å². The molecule has 2 aromatic carbocycles. The standard InChI is InChI=1S/C20H24N2O4S/c1-15-13-17(7-8-20(15)26-12-11-25-2)27(23,24)22-10-9-16-14-21-19-6-4-3-5-18(16)19/h3-8,13-14,21-22H,9-12H2,1-2H3. The molecule has 0 saturated heterocycles. The minimum absolute atomic E-state index is 0.234. The van der Waals surface area contributed by atoms with E-state index in [1.807, 2.05) is 37.4 Å². The summed E-state index contributed by atoms with van der Waals surface area (Å²) in [5.41, 5.74) is 2.91. The van der Waals surface area contributed by atoms with E-state index in [2.05, 4.69) is 9.71 Å². The van der Waals surface area contributed by atoms with Gasteiger partial charge in [-0.05, 0) is 48.7 Å². The van der Waals surface area contributed by atoms with Crippen LogP contribution in [-0.2, 0) is 21.2 Å². The van der Waals surface area contributed by atoms with Crippen LogP contribution < -0.4 is 9.46 Å². The van der Waals surface area contributed by atoms with Gasteiger partial charge in [-0.15, -0.1) is 0 Å². The second-order valence-corrected chi connectivity index (χ2v) is 8.04. The Bertz CT molecular complexity index is 1010. The van der Waals surface area contributed by atoms with Gasteiger partial charge in [0.1, 0.15) is 12.4 Å². The number of sulfonamides is 1. The molecular weight excluding hydrogens is 364 g/mol. The predicted molar refractivity (Wildman–Crippen MR) is 106 cm³/mol. The summed E-state index contributed by atoms with van der Waals surface area (Å²) >= 11 is 0. The van der Waals surface area contributed by atoms with Crippen LogP contribution >= 0.6 is 0 Å². The van der Waals surface area contributed by atoms with Crippen LogP contribution in [0.15, 0.2) is 53.6 Å². The topological polar surface area (TPSA) is 80.4 Å². The fourth-order valence-corrected chi connectivity index (χ4v) is 4.04. The van der Waals surface area contributed by atoms with Crippen molar-refractivity contribution in [2.75, 3.05) is 26.9 Å². The van der Waals surface area contributed by atoms with Gasteiger partial charge in [-0.1, -0.05) is 18.2 Å². The molecular formula is C20H24N2O4S. The van der Waals surface area contributed by atoms with Gasteiger partial charge in [-0.25, -0.2) is 13.1 Å². The molecule has 0 radical (unpaired) electrons. The fraction of sp³-hybridized carbons (Fsp3) is 0.300. The highest BCUT2D eigenvalue weighted by atomic mass is 32.2. The van der Waals surface area contributed by atoms with Crippen LogP contribution in [0.5, 0.6) is 5.75 Å². The number of methoxy groups -OCH3 is 1. The van der Waals surface area contributed by atoms with E-state index >= 15 is 0 Å². The number of para-hydroxylation sites is 1. The zero-order valence-electron chi connectivity index (χ0n) is 15.5. The zero-order chi connectivity index (χ0) is 19.3. The fourth-order valence-electron chi connectivity index (χ4n) is 2.93. The normalized spacial score (nSPS) is 11.8. The van der Waals surface area contributed by atoms with Gasteiger partial charge in [0.15, 0.2) is 0 Å². The number of aryl methyl sites for hydroxylation is 1. The Morgan fingerprint density at radius 3 is 2.70 bits per heavy atom. The van der Waals surface area contributed by atoms with Crippen LogP contribution in [0.25, 0.3) is 10.9 Å². The third-order valence-electron chi connectivity index (χ3n) is 4.36. The maximum absolute atomic E-state index is 12.6. The maximum atomic E-state index is 12.6. The van der Waals surface area contributed by atoms with Gasteiger partial charge < -0.3 is 14.5 Å². The van der Waals surface area contributed by atoms with Gasteiger partial charge in [0, 0.05) is 30.8 Å². The van der Waals surface area contributed by atoms with E-state index in [0.29, 0.717) is 31.9 Å². The van der Waals surface area contributed by atoms with Crippen molar-refractivity contribution in [3.8, 4) is 5.75 Å². The number of fused-ring (bicyclic) bond motifs is 1. The molecule has 0 aliphatic carbocycles. The quantitative estimate of drug-likeness (QED) is 0.552. The first-order chi connectivity index (χ1) is 13.0. The molecule has 0 aliphatic heterocycles. The molecule has 27 heavy (non-hydrogen) atoms. The highest BCUT2D eigenvalue weighted by molar-refractivity contribution is 7.89. The number of nitrogens with one attached hydrogen (secondary N) is 2. The zero-order valence-corrected chi connectivity index (χ0v) is 16.3. The first-order valence-electron chi connectivity index (χ1n) is 8.78. The summed E-state index contributed by atoms with van der Waals surface area (Å²) in [6.45, 7) is 3.06. The summed E-state index contributed by atoms with van der Waals surface area (Å²) in [6.07, 6.45) is 2.54. The average molecular weight is 388 g/mol. The average Bonchev–Trinajstić information content (AvgIpc) is 3.06. The number of benzene rings is 2. The van der Waals surface area contributed by atoms with E-state index in [-0.39, 0.29) is 4.90 Å². The lowest BCUT2D eigenvalue weighted by Gasteiger charge is -2.11. The molecule has 0 amide bonds.